The van der Waals surface area contributed by atoms with Gasteiger partial charge in [-0.3, -0.25) is 19.1 Å². The Bertz CT molecular complexity index is 1440. The zero-order valence-electron chi connectivity index (χ0n) is 16.8. The van der Waals surface area contributed by atoms with E-state index in [1.54, 1.807) is 48.7 Å². The van der Waals surface area contributed by atoms with Gasteiger partial charge in [-0.15, -0.1) is 0 Å². The van der Waals surface area contributed by atoms with Crippen molar-refractivity contribution in [2.75, 3.05) is 6.79 Å². The summed E-state index contributed by atoms with van der Waals surface area (Å²) >= 11 is 0. The van der Waals surface area contributed by atoms with Crippen molar-refractivity contribution in [3.8, 4) is 11.5 Å². The molecule has 9 heteroatoms. The molecule has 5 rings (SSSR count). The standard InChI is InChI=1S/C23H18N4O5/c28-21(25-11-16-3-1-2-8-24-16)15-5-6-17-18(10-15)26-23(30)27(22(17)29)12-14-4-7-19-20(9-14)32-13-31-19/h1-10H,11-13H2,(H,25,28)(H,26,30). The van der Waals surface area contributed by atoms with E-state index in [2.05, 4.69) is 15.3 Å². The molecule has 1 amide bonds. The molecule has 0 saturated heterocycles. The number of nitrogens with one attached hydrogen (secondary N) is 2. The predicted molar refractivity (Wildman–Crippen MR) is 116 cm³/mol. The van der Waals surface area contributed by atoms with Crippen molar-refractivity contribution in [2.24, 2.45) is 0 Å². The number of amides is 1. The summed E-state index contributed by atoms with van der Waals surface area (Å²) in [6.07, 6.45) is 1.65. The fourth-order valence-corrected chi connectivity index (χ4v) is 3.54. The lowest BCUT2D eigenvalue weighted by Crippen LogP contribution is -2.35. The van der Waals surface area contributed by atoms with Crippen molar-refractivity contribution >= 4 is 16.8 Å². The molecule has 9 nitrogen and oxygen atoms in total. The third-order valence-electron chi connectivity index (χ3n) is 5.18. The summed E-state index contributed by atoms with van der Waals surface area (Å²) in [7, 11) is 0. The van der Waals surface area contributed by atoms with Crippen LogP contribution < -0.4 is 26.0 Å². The van der Waals surface area contributed by atoms with Crippen molar-refractivity contribution in [2.45, 2.75) is 13.1 Å². The van der Waals surface area contributed by atoms with Gasteiger partial charge in [0.2, 0.25) is 6.79 Å². The lowest BCUT2D eigenvalue weighted by atomic mass is 10.1. The normalized spacial score (nSPS) is 12.1. The summed E-state index contributed by atoms with van der Waals surface area (Å²) < 4.78 is 11.8. The Morgan fingerprint density at radius 2 is 1.94 bits per heavy atom. The molecule has 1 aliphatic rings. The number of pyridine rings is 1. The van der Waals surface area contributed by atoms with Gasteiger partial charge < -0.3 is 19.8 Å². The Morgan fingerprint density at radius 1 is 1.06 bits per heavy atom. The monoisotopic (exact) mass is 430 g/mol. The first-order valence-electron chi connectivity index (χ1n) is 9.92. The molecular formula is C23H18N4O5. The highest BCUT2D eigenvalue weighted by Crippen LogP contribution is 2.32. The van der Waals surface area contributed by atoms with Crippen LogP contribution in [0.5, 0.6) is 11.5 Å². The number of carbonyl (C=O) groups excluding carboxylic acids is 1. The number of benzene rings is 2. The minimum atomic E-state index is -0.564. The summed E-state index contributed by atoms with van der Waals surface area (Å²) in [6, 6.07) is 15.3. The summed E-state index contributed by atoms with van der Waals surface area (Å²) in [5.41, 5.74) is 1.07. The zero-order valence-corrected chi connectivity index (χ0v) is 16.8. The number of nitrogens with zero attached hydrogens (tertiary/aromatic N) is 2. The van der Waals surface area contributed by atoms with E-state index >= 15 is 0 Å². The van der Waals surface area contributed by atoms with E-state index in [1.807, 2.05) is 6.07 Å². The SMILES string of the molecule is O=C(NCc1ccccn1)c1ccc2c(=O)n(Cc3ccc4c(c3)OCO4)c(=O)[nH]c2c1. The molecule has 2 aromatic carbocycles. The summed E-state index contributed by atoms with van der Waals surface area (Å²) in [5.74, 6) is 0.874. The fraction of sp³-hybridized carbons (Fsp3) is 0.130. The largest absolute Gasteiger partial charge is 0.454 e. The highest BCUT2D eigenvalue weighted by Gasteiger charge is 2.15. The van der Waals surface area contributed by atoms with Crippen molar-refractivity contribution in [3.05, 3.63) is 98.5 Å². The van der Waals surface area contributed by atoms with E-state index in [1.165, 1.54) is 6.07 Å². The van der Waals surface area contributed by atoms with Gasteiger partial charge in [0.1, 0.15) is 0 Å². The average Bonchev–Trinajstić information content (AvgIpc) is 3.28. The lowest BCUT2D eigenvalue weighted by Gasteiger charge is -2.09. The molecule has 4 aromatic rings. The molecule has 0 spiro atoms. The minimum absolute atomic E-state index is 0.0764. The average molecular weight is 430 g/mol. The maximum Gasteiger partial charge on any atom is 0.329 e. The van der Waals surface area contributed by atoms with Gasteiger partial charge in [0, 0.05) is 11.8 Å². The van der Waals surface area contributed by atoms with Crippen LogP contribution in [0.2, 0.25) is 0 Å². The van der Waals surface area contributed by atoms with Gasteiger partial charge in [-0.05, 0) is 48.0 Å². The van der Waals surface area contributed by atoms with E-state index in [9.17, 15) is 14.4 Å². The third-order valence-corrected chi connectivity index (χ3v) is 5.18. The molecule has 160 valence electrons. The lowest BCUT2D eigenvalue weighted by molar-refractivity contribution is 0.0950. The van der Waals surface area contributed by atoms with E-state index < -0.39 is 11.2 Å². The summed E-state index contributed by atoms with van der Waals surface area (Å²) in [6.45, 7) is 0.492. The Morgan fingerprint density at radius 3 is 2.78 bits per heavy atom. The maximum atomic E-state index is 13.0. The predicted octanol–water partition coefficient (Wildman–Crippen LogP) is 1.79. The van der Waals surface area contributed by atoms with Crippen LogP contribution in [0.25, 0.3) is 10.9 Å². The molecule has 0 bridgehead atoms. The van der Waals surface area contributed by atoms with E-state index in [-0.39, 0.29) is 25.8 Å². The third kappa shape index (κ3) is 3.71. The summed E-state index contributed by atoms with van der Waals surface area (Å²) in [5, 5.41) is 3.09. The topological polar surface area (TPSA) is 115 Å². The van der Waals surface area contributed by atoms with Gasteiger partial charge in [-0.25, -0.2) is 4.79 Å². The van der Waals surface area contributed by atoms with Crippen LogP contribution in [-0.2, 0) is 13.1 Å². The van der Waals surface area contributed by atoms with Crippen LogP contribution in [0.4, 0.5) is 0 Å². The molecule has 1 aliphatic heterocycles. The van der Waals surface area contributed by atoms with Crippen LogP contribution >= 0.6 is 0 Å². The quantitative estimate of drug-likeness (QED) is 0.499. The number of ether oxygens (including phenoxy) is 2. The van der Waals surface area contributed by atoms with E-state index in [0.29, 0.717) is 28.0 Å². The molecule has 32 heavy (non-hydrogen) atoms. The van der Waals surface area contributed by atoms with E-state index in [4.69, 9.17) is 9.47 Å². The number of carbonyl (C=O) groups is 1. The van der Waals surface area contributed by atoms with Crippen LogP contribution in [0.1, 0.15) is 21.6 Å². The van der Waals surface area contributed by atoms with Gasteiger partial charge in [-0.2, -0.15) is 0 Å². The molecule has 3 heterocycles. The Kier molecular flexibility index (Phi) is 4.91. The maximum absolute atomic E-state index is 13.0. The number of H-pyrrole nitrogens is 1. The van der Waals surface area contributed by atoms with Crippen molar-refractivity contribution < 1.29 is 14.3 Å². The van der Waals surface area contributed by atoms with Crippen molar-refractivity contribution in [3.63, 3.8) is 0 Å². The Balaban J connectivity index is 1.41. The van der Waals surface area contributed by atoms with E-state index in [0.717, 1.165) is 15.8 Å². The first kappa shape index (κ1) is 19.6. The van der Waals surface area contributed by atoms with Gasteiger partial charge in [0.15, 0.2) is 11.5 Å². The molecular weight excluding hydrogens is 412 g/mol. The number of fused-ring (bicyclic) bond motifs is 2. The number of rotatable bonds is 5. The van der Waals surface area contributed by atoms with Crippen LogP contribution in [0, 0.1) is 0 Å². The molecule has 2 N–H and O–H groups in total. The van der Waals surface area contributed by atoms with Crippen LogP contribution in [0.15, 0.2) is 70.4 Å². The molecule has 0 aliphatic carbocycles. The van der Waals surface area contributed by atoms with Crippen LogP contribution in [0.3, 0.4) is 0 Å². The molecule has 0 fully saturated rings. The number of hydrogen-bond donors (Lipinski definition) is 2. The van der Waals surface area contributed by atoms with Gasteiger partial charge in [0.05, 0.1) is 29.7 Å². The highest BCUT2D eigenvalue weighted by molar-refractivity contribution is 5.97. The highest BCUT2D eigenvalue weighted by atomic mass is 16.7. The van der Waals surface area contributed by atoms with Crippen LogP contribution in [-0.4, -0.2) is 27.2 Å². The number of hydrogen-bond acceptors (Lipinski definition) is 6. The number of aromatic amines is 1. The van der Waals surface area contributed by atoms with Crippen molar-refractivity contribution in [1.29, 1.82) is 0 Å². The van der Waals surface area contributed by atoms with Crippen molar-refractivity contribution in [1.82, 2.24) is 19.9 Å². The molecule has 0 radical (unpaired) electrons. The second-order valence-electron chi connectivity index (χ2n) is 7.27. The smallest absolute Gasteiger partial charge is 0.329 e. The first-order valence-corrected chi connectivity index (χ1v) is 9.92. The van der Waals surface area contributed by atoms with Gasteiger partial charge >= 0.3 is 5.69 Å². The zero-order chi connectivity index (χ0) is 22.1. The molecule has 2 aromatic heterocycles. The van der Waals surface area contributed by atoms with Gasteiger partial charge in [0.25, 0.3) is 11.5 Å². The summed E-state index contributed by atoms with van der Waals surface area (Å²) in [4.78, 5) is 44.9. The second-order valence-corrected chi connectivity index (χ2v) is 7.27. The molecule has 0 saturated carbocycles. The molecule has 0 atom stereocenters. The second kappa shape index (κ2) is 8.03. The Hall–Kier alpha value is -4.40. The first-order chi connectivity index (χ1) is 15.6. The van der Waals surface area contributed by atoms with Gasteiger partial charge in [-0.1, -0.05) is 12.1 Å². The number of aromatic nitrogens is 3. The molecule has 0 unspecified atom stereocenters. The fourth-order valence-electron chi connectivity index (χ4n) is 3.54. The Labute approximate surface area is 181 Å². The minimum Gasteiger partial charge on any atom is -0.454 e.